The van der Waals surface area contributed by atoms with E-state index in [4.69, 9.17) is 4.74 Å². The third-order valence-electron chi connectivity index (χ3n) is 4.31. The van der Waals surface area contributed by atoms with Crippen LogP contribution < -0.4 is 4.74 Å². The molecule has 3 aromatic rings. The van der Waals surface area contributed by atoms with E-state index in [1.165, 1.54) is 36.0 Å². The van der Waals surface area contributed by atoms with Crippen LogP contribution in [0.15, 0.2) is 76.5 Å². The van der Waals surface area contributed by atoms with E-state index in [9.17, 15) is 14.0 Å². The average Bonchev–Trinajstić information content (AvgIpc) is 3.00. The Labute approximate surface area is 165 Å². The number of rotatable bonds is 3. The van der Waals surface area contributed by atoms with E-state index in [1.54, 1.807) is 18.2 Å². The molecule has 1 heterocycles. The van der Waals surface area contributed by atoms with Crippen LogP contribution in [0.3, 0.4) is 0 Å². The molecule has 0 unspecified atom stereocenters. The van der Waals surface area contributed by atoms with Crippen molar-refractivity contribution in [2.75, 3.05) is 0 Å². The summed E-state index contributed by atoms with van der Waals surface area (Å²) in [6.45, 7) is 1.92. The third-order valence-corrected chi connectivity index (χ3v) is 5.41. The molecule has 0 saturated heterocycles. The molecule has 0 bridgehead atoms. The van der Waals surface area contributed by atoms with Crippen LogP contribution in [0.4, 0.5) is 4.39 Å². The molecule has 0 saturated carbocycles. The number of fused-ring (bicyclic) bond motifs is 1. The predicted octanol–water partition coefficient (Wildman–Crippen LogP) is 5.68. The number of esters is 1. The van der Waals surface area contributed by atoms with Crippen LogP contribution in [0.25, 0.3) is 6.08 Å². The van der Waals surface area contributed by atoms with Gasteiger partial charge in [-0.05, 0) is 61.5 Å². The Morgan fingerprint density at radius 1 is 1.04 bits per heavy atom. The minimum Gasteiger partial charge on any atom is -0.422 e. The highest BCUT2D eigenvalue weighted by molar-refractivity contribution is 8.04. The summed E-state index contributed by atoms with van der Waals surface area (Å²) in [6, 6.07) is 18.0. The zero-order valence-corrected chi connectivity index (χ0v) is 15.8. The number of ketones is 1. The molecule has 1 aliphatic rings. The fourth-order valence-electron chi connectivity index (χ4n) is 2.90. The fraction of sp³-hybridized carbons (Fsp3) is 0.0435. The normalized spacial score (nSPS) is 14.2. The summed E-state index contributed by atoms with van der Waals surface area (Å²) < 4.78 is 18.6. The zero-order chi connectivity index (χ0) is 19.7. The SMILES string of the molecule is Cc1ccc(OC(=O)c2ccc(F)cc2)c(/C=C2/Sc3ccccc3C2=O)c1. The Kier molecular flexibility index (Phi) is 4.84. The summed E-state index contributed by atoms with van der Waals surface area (Å²) in [5.41, 5.74) is 2.54. The number of aryl methyl sites for hydroxylation is 1. The number of allylic oxidation sites excluding steroid dienone is 1. The number of carbonyl (C=O) groups excluding carboxylic acids is 2. The van der Waals surface area contributed by atoms with Gasteiger partial charge in [-0.1, -0.05) is 35.5 Å². The number of ether oxygens (including phenoxy) is 1. The van der Waals surface area contributed by atoms with Crippen LogP contribution >= 0.6 is 11.8 Å². The second kappa shape index (κ2) is 7.44. The van der Waals surface area contributed by atoms with Crippen LogP contribution in [-0.2, 0) is 0 Å². The Bertz CT molecular complexity index is 1120. The molecule has 0 radical (unpaired) electrons. The van der Waals surface area contributed by atoms with Gasteiger partial charge in [0.05, 0.1) is 10.5 Å². The molecule has 0 atom stereocenters. The molecule has 0 amide bonds. The van der Waals surface area contributed by atoms with Crippen molar-refractivity contribution in [3.05, 3.63) is 99.7 Å². The first kappa shape index (κ1) is 18.2. The molecule has 4 rings (SSSR count). The third kappa shape index (κ3) is 3.62. The van der Waals surface area contributed by atoms with Crippen LogP contribution in [0.5, 0.6) is 5.75 Å². The predicted molar refractivity (Wildman–Crippen MR) is 107 cm³/mol. The fourth-order valence-corrected chi connectivity index (χ4v) is 3.94. The van der Waals surface area contributed by atoms with E-state index in [-0.39, 0.29) is 11.3 Å². The van der Waals surface area contributed by atoms with Gasteiger partial charge in [-0.25, -0.2) is 9.18 Å². The molecule has 1 aliphatic heterocycles. The Hall–Kier alpha value is -3.18. The minimum absolute atomic E-state index is 0.0436. The van der Waals surface area contributed by atoms with Crippen LogP contribution in [0.2, 0.25) is 0 Å². The number of Topliss-reactive ketones (excluding diaryl/α,β-unsaturated/α-hetero) is 1. The van der Waals surface area contributed by atoms with Crippen molar-refractivity contribution >= 4 is 29.6 Å². The first-order valence-corrected chi connectivity index (χ1v) is 9.44. The summed E-state index contributed by atoms with van der Waals surface area (Å²) in [5, 5.41) is 0. The smallest absolute Gasteiger partial charge is 0.343 e. The molecule has 5 heteroatoms. The molecule has 0 aromatic heterocycles. The summed E-state index contributed by atoms with van der Waals surface area (Å²) in [7, 11) is 0. The van der Waals surface area contributed by atoms with Crippen molar-refractivity contribution < 1.29 is 18.7 Å². The van der Waals surface area contributed by atoms with E-state index >= 15 is 0 Å². The second-order valence-corrected chi connectivity index (χ2v) is 7.46. The van der Waals surface area contributed by atoms with Gasteiger partial charge in [-0.3, -0.25) is 4.79 Å². The van der Waals surface area contributed by atoms with Crippen LogP contribution in [-0.4, -0.2) is 11.8 Å². The van der Waals surface area contributed by atoms with Crippen molar-refractivity contribution in [2.24, 2.45) is 0 Å². The molecule has 0 aliphatic carbocycles. The molecule has 0 fully saturated rings. The van der Waals surface area contributed by atoms with Crippen molar-refractivity contribution in [3.63, 3.8) is 0 Å². The highest BCUT2D eigenvalue weighted by Gasteiger charge is 2.25. The van der Waals surface area contributed by atoms with Gasteiger partial charge in [0, 0.05) is 16.0 Å². The van der Waals surface area contributed by atoms with Gasteiger partial charge in [0.2, 0.25) is 5.78 Å². The van der Waals surface area contributed by atoms with Gasteiger partial charge in [0.25, 0.3) is 0 Å². The van der Waals surface area contributed by atoms with Crippen molar-refractivity contribution in [1.82, 2.24) is 0 Å². The van der Waals surface area contributed by atoms with E-state index in [1.807, 2.05) is 37.3 Å². The van der Waals surface area contributed by atoms with Crippen molar-refractivity contribution in [2.45, 2.75) is 11.8 Å². The molecule has 0 N–H and O–H groups in total. The highest BCUT2D eigenvalue weighted by Crippen LogP contribution is 2.41. The maximum atomic E-state index is 13.1. The summed E-state index contributed by atoms with van der Waals surface area (Å²) in [6.07, 6.45) is 1.74. The summed E-state index contributed by atoms with van der Waals surface area (Å²) >= 11 is 1.40. The van der Waals surface area contributed by atoms with E-state index < -0.39 is 11.8 Å². The summed E-state index contributed by atoms with van der Waals surface area (Å²) in [4.78, 5) is 26.5. The second-order valence-electron chi connectivity index (χ2n) is 6.37. The molecule has 0 spiro atoms. The largest absolute Gasteiger partial charge is 0.422 e. The number of benzene rings is 3. The standard InChI is InChI=1S/C23H15FO3S/c1-14-6-11-19(27-23(26)15-7-9-17(24)10-8-15)16(12-14)13-21-22(25)18-4-2-3-5-20(18)28-21/h2-13H,1H3/b21-13+. The quantitative estimate of drug-likeness (QED) is 0.328. The average molecular weight is 390 g/mol. The number of carbonyl (C=O) groups is 2. The Morgan fingerprint density at radius 2 is 1.79 bits per heavy atom. The molecule has 28 heavy (non-hydrogen) atoms. The lowest BCUT2D eigenvalue weighted by atomic mass is 10.1. The monoisotopic (exact) mass is 390 g/mol. The van der Waals surface area contributed by atoms with Crippen LogP contribution in [0, 0.1) is 12.7 Å². The van der Waals surface area contributed by atoms with Gasteiger partial charge in [0.15, 0.2) is 0 Å². The minimum atomic E-state index is -0.586. The van der Waals surface area contributed by atoms with Crippen molar-refractivity contribution in [1.29, 1.82) is 0 Å². The molecule has 3 aromatic carbocycles. The van der Waals surface area contributed by atoms with Crippen molar-refractivity contribution in [3.8, 4) is 5.75 Å². The summed E-state index contributed by atoms with van der Waals surface area (Å²) in [5.74, 6) is -0.708. The van der Waals surface area contributed by atoms with Crippen LogP contribution in [0.1, 0.15) is 31.8 Å². The van der Waals surface area contributed by atoms with Gasteiger partial charge in [0.1, 0.15) is 11.6 Å². The van der Waals surface area contributed by atoms with Gasteiger partial charge >= 0.3 is 5.97 Å². The first-order chi connectivity index (χ1) is 13.5. The number of hydrogen-bond donors (Lipinski definition) is 0. The van der Waals surface area contributed by atoms with Gasteiger partial charge < -0.3 is 4.74 Å². The maximum Gasteiger partial charge on any atom is 0.343 e. The highest BCUT2D eigenvalue weighted by atomic mass is 32.2. The van der Waals surface area contributed by atoms with E-state index in [0.29, 0.717) is 21.8 Å². The first-order valence-electron chi connectivity index (χ1n) is 8.63. The lowest BCUT2D eigenvalue weighted by molar-refractivity contribution is 0.0734. The molecular formula is C23H15FO3S. The number of thioether (sulfide) groups is 1. The van der Waals surface area contributed by atoms with E-state index in [2.05, 4.69) is 0 Å². The molecule has 3 nitrogen and oxygen atoms in total. The lowest BCUT2D eigenvalue weighted by Gasteiger charge is -2.09. The number of halogens is 1. The Morgan fingerprint density at radius 3 is 2.54 bits per heavy atom. The lowest BCUT2D eigenvalue weighted by Crippen LogP contribution is -2.09. The van der Waals surface area contributed by atoms with E-state index in [0.717, 1.165) is 10.5 Å². The van der Waals surface area contributed by atoms with Gasteiger partial charge in [-0.15, -0.1) is 0 Å². The zero-order valence-electron chi connectivity index (χ0n) is 14.9. The van der Waals surface area contributed by atoms with Gasteiger partial charge in [-0.2, -0.15) is 0 Å². The Balaban J connectivity index is 1.65. The molecule has 138 valence electrons. The molecular weight excluding hydrogens is 375 g/mol. The number of hydrogen-bond acceptors (Lipinski definition) is 4. The topological polar surface area (TPSA) is 43.4 Å². The maximum absolute atomic E-state index is 13.1.